The molecule has 0 amide bonds. The van der Waals surface area contributed by atoms with E-state index in [1.807, 2.05) is 26.0 Å². The highest BCUT2D eigenvalue weighted by molar-refractivity contribution is 7.89. The minimum absolute atomic E-state index is 0.117. The first-order chi connectivity index (χ1) is 14.8. The molecule has 160 valence electrons. The van der Waals surface area contributed by atoms with Gasteiger partial charge in [0.05, 0.1) is 23.8 Å². The summed E-state index contributed by atoms with van der Waals surface area (Å²) in [5.41, 5.74) is 2.97. The third kappa shape index (κ3) is 5.70. The standard InChI is InChI=1S/C23H22N2O5S/c1-16-4-9-19(10-5-16)23(26)30-21-13-8-18(14-22(21)29-3)15-24-25-31(27,28)20-11-6-17(2)7-12-20/h4-15,25H,1-3H3. The molecule has 0 aromatic heterocycles. The van der Waals surface area contributed by atoms with Gasteiger partial charge in [-0.3, -0.25) is 0 Å². The van der Waals surface area contributed by atoms with Crippen LogP contribution < -0.4 is 14.3 Å². The summed E-state index contributed by atoms with van der Waals surface area (Å²) in [6, 6.07) is 18.2. The average molecular weight is 439 g/mol. The molecule has 3 rings (SSSR count). The van der Waals surface area contributed by atoms with Gasteiger partial charge in [-0.15, -0.1) is 0 Å². The quantitative estimate of drug-likeness (QED) is 0.262. The van der Waals surface area contributed by atoms with Crippen LogP contribution in [0, 0.1) is 13.8 Å². The number of hydrazone groups is 1. The monoisotopic (exact) mass is 438 g/mol. The summed E-state index contributed by atoms with van der Waals surface area (Å²) in [4.78, 5) is 14.6. The summed E-state index contributed by atoms with van der Waals surface area (Å²) in [6.07, 6.45) is 1.33. The average Bonchev–Trinajstić information content (AvgIpc) is 2.75. The lowest BCUT2D eigenvalue weighted by atomic mass is 10.1. The number of nitrogens with zero attached hydrogens (tertiary/aromatic N) is 1. The van der Waals surface area contributed by atoms with Crippen molar-refractivity contribution in [1.29, 1.82) is 0 Å². The number of hydrogen-bond donors (Lipinski definition) is 1. The number of aryl methyl sites for hydroxylation is 2. The van der Waals surface area contributed by atoms with Gasteiger partial charge in [0.15, 0.2) is 11.5 Å². The van der Waals surface area contributed by atoms with Crippen LogP contribution in [0.4, 0.5) is 0 Å². The van der Waals surface area contributed by atoms with E-state index in [4.69, 9.17) is 9.47 Å². The van der Waals surface area contributed by atoms with Crippen LogP contribution in [0.25, 0.3) is 0 Å². The summed E-state index contributed by atoms with van der Waals surface area (Å²) in [7, 11) is -2.33. The number of esters is 1. The normalized spacial score (nSPS) is 11.3. The Kier molecular flexibility index (Phi) is 6.71. The van der Waals surface area contributed by atoms with E-state index in [9.17, 15) is 13.2 Å². The molecule has 0 bridgehead atoms. The number of hydrogen-bond acceptors (Lipinski definition) is 6. The van der Waals surface area contributed by atoms with Crippen molar-refractivity contribution >= 4 is 22.2 Å². The second-order valence-electron chi connectivity index (χ2n) is 6.83. The first kappa shape index (κ1) is 22.0. The topological polar surface area (TPSA) is 94.1 Å². The van der Waals surface area contributed by atoms with E-state index in [1.165, 1.54) is 25.5 Å². The summed E-state index contributed by atoms with van der Waals surface area (Å²) < 4.78 is 35.3. The van der Waals surface area contributed by atoms with Crippen LogP contribution in [0.3, 0.4) is 0 Å². The summed E-state index contributed by atoms with van der Waals surface area (Å²) >= 11 is 0. The molecule has 7 nitrogen and oxygen atoms in total. The summed E-state index contributed by atoms with van der Waals surface area (Å²) in [5.74, 6) is 0.0434. The third-order valence-corrected chi connectivity index (χ3v) is 5.63. The molecule has 0 fully saturated rings. The molecule has 8 heteroatoms. The van der Waals surface area contributed by atoms with Crippen molar-refractivity contribution in [3.05, 3.63) is 89.0 Å². The van der Waals surface area contributed by atoms with Crippen molar-refractivity contribution in [2.24, 2.45) is 5.10 Å². The van der Waals surface area contributed by atoms with Crippen LogP contribution in [-0.2, 0) is 10.0 Å². The molecule has 0 saturated carbocycles. The van der Waals surface area contributed by atoms with Crippen LogP contribution in [0.1, 0.15) is 27.0 Å². The van der Waals surface area contributed by atoms with E-state index in [2.05, 4.69) is 9.93 Å². The number of carbonyl (C=O) groups excluding carboxylic acids is 1. The number of sulfonamides is 1. The fourth-order valence-corrected chi connectivity index (χ4v) is 3.43. The first-order valence-corrected chi connectivity index (χ1v) is 10.9. The van der Waals surface area contributed by atoms with Gasteiger partial charge in [0.25, 0.3) is 10.0 Å². The van der Waals surface area contributed by atoms with Crippen molar-refractivity contribution in [2.45, 2.75) is 18.7 Å². The fraction of sp³-hybridized carbons (Fsp3) is 0.130. The molecule has 0 radical (unpaired) electrons. The molecule has 31 heavy (non-hydrogen) atoms. The third-order valence-electron chi connectivity index (χ3n) is 4.40. The zero-order valence-electron chi connectivity index (χ0n) is 17.3. The Morgan fingerprint density at radius 2 is 1.52 bits per heavy atom. The van der Waals surface area contributed by atoms with Gasteiger partial charge in [0, 0.05) is 0 Å². The maximum atomic E-state index is 12.3. The molecule has 0 aliphatic heterocycles. The van der Waals surface area contributed by atoms with E-state index in [0.29, 0.717) is 16.9 Å². The largest absolute Gasteiger partial charge is 0.493 e. The summed E-state index contributed by atoms with van der Waals surface area (Å²) in [5, 5.41) is 3.81. The Labute approximate surface area is 181 Å². The van der Waals surface area contributed by atoms with Crippen LogP contribution in [0.2, 0.25) is 0 Å². The smallest absolute Gasteiger partial charge is 0.343 e. The molecular weight excluding hydrogens is 416 g/mol. The number of benzene rings is 3. The molecule has 0 spiro atoms. The Bertz CT molecular complexity index is 1200. The lowest BCUT2D eigenvalue weighted by Crippen LogP contribution is -2.18. The predicted octanol–water partition coefficient (Wildman–Crippen LogP) is 3.84. The van der Waals surface area contributed by atoms with Crippen molar-refractivity contribution in [1.82, 2.24) is 4.83 Å². The number of nitrogens with one attached hydrogen (secondary N) is 1. The molecule has 1 N–H and O–H groups in total. The Morgan fingerprint density at radius 3 is 2.13 bits per heavy atom. The molecule has 0 atom stereocenters. The Morgan fingerprint density at radius 1 is 0.903 bits per heavy atom. The minimum Gasteiger partial charge on any atom is -0.493 e. The van der Waals surface area contributed by atoms with Crippen LogP contribution >= 0.6 is 0 Å². The Hall–Kier alpha value is -3.65. The molecule has 0 unspecified atom stereocenters. The van der Waals surface area contributed by atoms with Gasteiger partial charge in [-0.2, -0.15) is 13.5 Å². The minimum atomic E-state index is -3.77. The van der Waals surface area contributed by atoms with Gasteiger partial charge >= 0.3 is 5.97 Å². The Balaban J connectivity index is 1.71. The molecule has 0 heterocycles. The van der Waals surface area contributed by atoms with Crippen LogP contribution in [0.15, 0.2) is 76.7 Å². The molecule has 0 saturated heterocycles. The zero-order chi connectivity index (χ0) is 22.4. The van der Waals surface area contributed by atoms with E-state index < -0.39 is 16.0 Å². The van der Waals surface area contributed by atoms with E-state index in [0.717, 1.165) is 11.1 Å². The predicted molar refractivity (Wildman–Crippen MR) is 118 cm³/mol. The van der Waals surface area contributed by atoms with Crippen molar-refractivity contribution in [3.63, 3.8) is 0 Å². The van der Waals surface area contributed by atoms with Gasteiger partial charge in [0.1, 0.15) is 0 Å². The lowest BCUT2D eigenvalue weighted by Gasteiger charge is -2.10. The number of methoxy groups -OCH3 is 1. The van der Waals surface area contributed by atoms with Gasteiger partial charge in [-0.1, -0.05) is 35.4 Å². The molecule has 3 aromatic rings. The van der Waals surface area contributed by atoms with E-state index in [-0.39, 0.29) is 10.6 Å². The maximum absolute atomic E-state index is 12.3. The second-order valence-corrected chi connectivity index (χ2v) is 8.49. The molecular formula is C23H22N2O5S. The second kappa shape index (κ2) is 9.44. The highest BCUT2D eigenvalue weighted by Crippen LogP contribution is 2.28. The van der Waals surface area contributed by atoms with Gasteiger partial charge in [-0.25, -0.2) is 9.63 Å². The van der Waals surface area contributed by atoms with Gasteiger partial charge < -0.3 is 9.47 Å². The number of carbonyl (C=O) groups is 1. The maximum Gasteiger partial charge on any atom is 0.343 e. The fourth-order valence-electron chi connectivity index (χ4n) is 2.64. The van der Waals surface area contributed by atoms with E-state index >= 15 is 0 Å². The SMILES string of the molecule is COc1cc(C=NNS(=O)(=O)c2ccc(C)cc2)ccc1OC(=O)c1ccc(C)cc1. The summed E-state index contributed by atoms with van der Waals surface area (Å²) in [6.45, 7) is 3.80. The molecule has 0 aliphatic rings. The zero-order valence-corrected chi connectivity index (χ0v) is 18.1. The molecule has 0 aliphatic carbocycles. The lowest BCUT2D eigenvalue weighted by molar-refractivity contribution is 0.0729. The number of ether oxygens (including phenoxy) is 2. The van der Waals surface area contributed by atoms with E-state index in [1.54, 1.807) is 42.5 Å². The van der Waals surface area contributed by atoms with Crippen molar-refractivity contribution < 1.29 is 22.7 Å². The van der Waals surface area contributed by atoms with Gasteiger partial charge in [0.2, 0.25) is 0 Å². The first-order valence-electron chi connectivity index (χ1n) is 9.37. The van der Waals surface area contributed by atoms with Crippen molar-refractivity contribution in [3.8, 4) is 11.5 Å². The number of rotatable bonds is 7. The van der Waals surface area contributed by atoms with Gasteiger partial charge in [-0.05, 0) is 61.9 Å². The highest BCUT2D eigenvalue weighted by atomic mass is 32.2. The van der Waals surface area contributed by atoms with Crippen LogP contribution in [0.5, 0.6) is 11.5 Å². The van der Waals surface area contributed by atoms with Crippen LogP contribution in [-0.4, -0.2) is 27.7 Å². The van der Waals surface area contributed by atoms with Crippen molar-refractivity contribution in [2.75, 3.05) is 7.11 Å². The highest BCUT2D eigenvalue weighted by Gasteiger charge is 2.14. The molecule has 3 aromatic carbocycles.